The summed E-state index contributed by atoms with van der Waals surface area (Å²) in [5.41, 5.74) is 3.58. The van der Waals surface area contributed by atoms with Gasteiger partial charge in [-0.3, -0.25) is 5.43 Å². The van der Waals surface area contributed by atoms with Gasteiger partial charge in [-0.1, -0.05) is 18.5 Å². The van der Waals surface area contributed by atoms with Gasteiger partial charge < -0.3 is 19.5 Å². The molecule has 1 aliphatic heterocycles. The van der Waals surface area contributed by atoms with E-state index in [0.29, 0.717) is 41.4 Å². The van der Waals surface area contributed by atoms with Crippen molar-refractivity contribution in [1.29, 1.82) is 0 Å². The molecule has 0 unspecified atom stereocenters. The maximum atomic E-state index is 6.33. The summed E-state index contributed by atoms with van der Waals surface area (Å²) >= 11 is 11.5. The third kappa shape index (κ3) is 6.63. The second-order valence-electron chi connectivity index (χ2n) is 5.83. The van der Waals surface area contributed by atoms with Gasteiger partial charge in [0.15, 0.2) is 16.6 Å². The van der Waals surface area contributed by atoms with Crippen LogP contribution in [-0.2, 0) is 4.74 Å². The van der Waals surface area contributed by atoms with Crippen molar-refractivity contribution in [2.24, 2.45) is 5.10 Å². The number of ether oxygens (including phenoxy) is 3. The Labute approximate surface area is 165 Å². The molecule has 144 valence electrons. The first-order valence-electron chi connectivity index (χ1n) is 8.91. The molecule has 0 aromatic heterocycles. The molecule has 2 N–H and O–H groups in total. The van der Waals surface area contributed by atoms with Crippen LogP contribution in [0.3, 0.4) is 0 Å². The molecule has 1 aliphatic rings. The molecule has 26 heavy (non-hydrogen) atoms. The maximum Gasteiger partial charge on any atom is 0.187 e. The van der Waals surface area contributed by atoms with Crippen LogP contribution in [0.2, 0.25) is 5.02 Å². The van der Waals surface area contributed by atoms with Gasteiger partial charge in [-0.05, 0) is 56.1 Å². The van der Waals surface area contributed by atoms with E-state index in [2.05, 4.69) is 15.8 Å². The molecule has 2 rings (SSSR count). The summed E-state index contributed by atoms with van der Waals surface area (Å²) in [6.45, 7) is 6.57. The van der Waals surface area contributed by atoms with Gasteiger partial charge in [0.05, 0.1) is 30.6 Å². The fraction of sp³-hybridized carbons (Fsp3) is 0.556. The molecule has 0 aliphatic carbocycles. The van der Waals surface area contributed by atoms with Crippen LogP contribution in [0.1, 0.15) is 38.7 Å². The van der Waals surface area contributed by atoms with Gasteiger partial charge in [-0.15, -0.1) is 0 Å². The van der Waals surface area contributed by atoms with Crippen LogP contribution in [0.5, 0.6) is 11.5 Å². The van der Waals surface area contributed by atoms with Crippen molar-refractivity contribution >= 4 is 35.1 Å². The van der Waals surface area contributed by atoms with Gasteiger partial charge >= 0.3 is 0 Å². The SMILES string of the molecule is CCCOc1c(Cl)cc(/C=N\NC(=S)NC[C@@H]2CCCO2)cc1OCC. The predicted octanol–water partition coefficient (Wildman–Crippen LogP) is 3.50. The molecule has 1 fully saturated rings. The van der Waals surface area contributed by atoms with E-state index in [4.69, 9.17) is 38.0 Å². The third-order valence-electron chi connectivity index (χ3n) is 3.68. The molecule has 1 atom stereocenters. The Bertz CT molecular complexity index is 622. The molecule has 0 radical (unpaired) electrons. The average Bonchev–Trinajstić information content (AvgIpc) is 3.13. The van der Waals surface area contributed by atoms with Gasteiger partial charge in [0.25, 0.3) is 0 Å². The Morgan fingerprint density at radius 1 is 1.42 bits per heavy atom. The number of hydrogen-bond acceptors (Lipinski definition) is 5. The maximum absolute atomic E-state index is 6.33. The molecule has 6 nitrogen and oxygen atoms in total. The lowest BCUT2D eigenvalue weighted by molar-refractivity contribution is 0.114. The number of benzene rings is 1. The zero-order valence-corrected chi connectivity index (χ0v) is 16.8. The van der Waals surface area contributed by atoms with E-state index in [-0.39, 0.29) is 6.10 Å². The largest absolute Gasteiger partial charge is 0.490 e. The Kier molecular flexibility index (Phi) is 8.94. The zero-order valence-electron chi connectivity index (χ0n) is 15.2. The molecular weight excluding hydrogens is 374 g/mol. The minimum Gasteiger partial charge on any atom is -0.490 e. The monoisotopic (exact) mass is 399 g/mol. The second kappa shape index (κ2) is 11.2. The van der Waals surface area contributed by atoms with Crippen LogP contribution in [0.4, 0.5) is 0 Å². The first-order chi connectivity index (χ1) is 12.6. The standard InChI is InChI=1S/C18H26ClN3O3S/c1-3-7-25-17-15(19)9-13(10-16(17)23-4-2)11-21-22-18(26)20-12-14-6-5-8-24-14/h9-11,14H,3-8,12H2,1-2H3,(H2,20,22,26)/b21-11-/t14-/m0/s1. The zero-order chi connectivity index (χ0) is 18.8. The number of rotatable bonds is 9. The Hall–Kier alpha value is -1.57. The number of nitrogens with zero attached hydrogens (tertiary/aromatic N) is 1. The van der Waals surface area contributed by atoms with Crippen molar-refractivity contribution in [3.8, 4) is 11.5 Å². The summed E-state index contributed by atoms with van der Waals surface area (Å²) in [7, 11) is 0. The van der Waals surface area contributed by atoms with Crippen molar-refractivity contribution in [3.05, 3.63) is 22.7 Å². The van der Waals surface area contributed by atoms with Crippen LogP contribution < -0.4 is 20.2 Å². The van der Waals surface area contributed by atoms with Gasteiger partial charge in [0, 0.05) is 13.2 Å². The highest BCUT2D eigenvalue weighted by molar-refractivity contribution is 7.80. The lowest BCUT2D eigenvalue weighted by atomic mass is 10.2. The van der Waals surface area contributed by atoms with E-state index in [9.17, 15) is 0 Å². The van der Waals surface area contributed by atoms with E-state index >= 15 is 0 Å². The number of halogens is 1. The Balaban J connectivity index is 1.92. The number of hydrazone groups is 1. The van der Waals surface area contributed by atoms with Gasteiger partial charge in [0.1, 0.15) is 0 Å². The van der Waals surface area contributed by atoms with Crippen LogP contribution in [0.15, 0.2) is 17.2 Å². The summed E-state index contributed by atoms with van der Waals surface area (Å²) in [6.07, 6.45) is 4.92. The van der Waals surface area contributed by atoms with E-state index < -0.39 is 0 Å². The van der Waals surface area contributed by atoms with Crippen molar-refractivity contribution in [2.45, 2.75) is 39.2 Å². The summed E-state index contributed by atoms with van der Waals surface area (Å²) in [5.74, 6) is 1.17. The summed E-state index contributed by atoms with van der Waals surface area (Å²) in [5, 5.41) is 8.19. The van der Waals surface area contributed by atoms with Crippen molar-refractivity contribution in [2.75, 3.05) is 26.4 Å². The first-order valence-corrected chi connectivity index (χ1v) is 9.70. The van der Waals surface area contributed by atoms with E-state index in [1.165, 1.54) is 0 Å². The van der Waals surface area contributed by atoms with Crippen molar-refractivity contribution < 1.29 is 14.2 Å². The molecule has 0 amide bonds. The number of hydrogen-bond donors (Lipinski definition) is 2. The fourth-order valence-corrected chi connectivity index (χ4v) is 2.90. The lowest BCUT2D eigenvalue weighted by Gasteiger charge is -2.14. The van der Waals surface area contributed by atoms with Gasteiger partial charge in [-0.25, -0.2) is 0 Å². The van der Waals surface area contributed by atoms with Crippen molar-refractivity contribution in [1.82, 2.24) is 10.7 Å². The van der Waals surface area contributed by atoms with Crippen molar-refractivity contribution in [3.63, 3.8) is 0 Å². The minimum atomic E-state index is 0.224. The molecule has 1 heterocycles. The topological polar surface area (TPSA) is 64.1 Å². The molecule has 1 saturated heterocycles. The smallest absolute Gasteiger partial charge is 0.187 e. The quantitative estimate of drug-likeness (QED) is 0.376. The summed E-state index contributed by atoms with van der Waals surface area (Å²) in [4.78, 5) is 0. The lowest BCUT2D eigenvalue weighted by Crippen LogP contribution is -2.37. The molecule has 0 spiro atoms. The van der Waals surface area contributed by atoms with E-state index in [1.54, 1.807) is 12.3 Å². The normalized spacial score (nSPS) is 16.7. The fourth-order valence-electron chi connectivity index (χ4n) is 2.49. The van der Waals surface area contributed by atoms with Gasteiger partial charge in [-0.2, -0.15) is 5.10 Å². The highest BCUT2D eigenvalue weighted by Crippen LogP contribution is 2.36. The van der Waals surface area contributed by atoms with Crippen LogP contribution in [0.25, 0.3) is 0 Å². The highest BCUT2D eigenvalue weighted by Gasteiger charge is 2.15. The first kappa shape index (κ1) is 20.7. The molecule has 1 aromatic rings. The van der Waals surface area contributed by atoms with Gasteiger partial charge in [0.2, 0.25) is 0 Å². The summed E-state index contributed by atoms with van der Waals surface area (Å²) in [6, 6.07) is 3.62. The Morgan fingerprint density at radius 2 is 2.27 bits per heavy atom. The Morgan fingerprint density at radius 3 is 2.96 bits per heavy atom. The summed E-state index contributed by atoms with van der Waals surface area (Å²) < 4.78 is 16.9. The molecule has 0 saturated carbocycles. The number of thiocarbonyl (C=S) groups is 1. The highest BCUT2D eigenvalue weighted by atomic mass is 35.5. The van der Waals surface area contributed by atoms with Crippen LogP contribution >= 0.6 is 23.8 Å². The average molecular weight is 400 g/mol. The minimum absolute atomic E-state index is 0.224. The molecule has 0 bridgehead atoms. The molecular formula is C18H26ClN3O3S. The second-order valence-corrected chi connectivity index (χ2v) is 6.64. The molecule has 1 aromatic carbocycles. The van der Waals surface area contributed by atoms with E-state index in [1.807, 2.05) is 19.9 Å². The van der Waals surface area contributed by atoms with Crippen LogP contribution in [-0.4, -0.2) is 43.8 Å². The molecule has 8 heteroatoms. The number of nitrogens with one attached hydrogen (secondary N) is 2. The van der Waals surface area contributed by atoms with E-state index in [0.717, 1.165) is 31.4 Å². The van der Waals surface area contributed by atoms with Crippen LogP contribution in [0, 0.1) is 0 Å². The predicted molar refractivity (Wildman–Crippen MR) is 109 cm³/mol. The third-order valence-corrected chi connectivity index (χ3v) is 4.19.